The Morgan fingerprint density at radius 2 is 2.10 bits per heavy atom. The molecule has 21 heavy (non-hydrogen) atoms. The molecule has 3 unspecified atom stereocenters. The Morgan fingerprint density at radius 3 is 2.67 bits per heavy atom. The molecule has 4 nitrogen and oxygen atoms in total. The van der Waals surface area contributed by atoms with Gasteiger partial charge < -0.3 is 9.84 Å². The van der Waals surface area contributed by atoms with Gasteiger partial charge in [0.15, 0.2) is 5.82 Å². The molecular weight excluding hydrogens is 262 g/mol. The van der Waals surface area contributed by atoms with Crippen LogP contribution in [0.15, 0.2) is 4.52 Å². The molecule has 0 aliphatic heterocycles. The summed E-state index contributed by atoms with van der Waals surface area (Å²) in [5.41, 5.74) is 0.186. The third-order valence-corrected chi connectivity index (χ3v) is 4.61. The van der Waals surface area contributed by atoms with Crippen LogP contribution in [-0.4, -0.2) is 22.7 Å². The molecule has 1 heterocycles. The van der Waals surface area contributed by atoms with Gasteiger partial charge in [0.2, 0.25) is 5.89 Å². The van der Waals surface area contributed by atoms with Crippen LogP contribution in [-0.2, 0) is 6.42 Å². The summed E-state index contributed by atoms with van der Waals surface area (Å²) in [6.45, 7) is 12.3. The number of nitrogens with one attached hydrogen (secondary N) is 1. The SMILES string of the molecule is CCCNC(Cc1nc(C2CCC(C)C2)no1)C(C)(C)C. The maximum Gasteiger partial charge on any atom is 0.228 e. The van der Waals surface area contributed by atoms with Crippen LogP contribution < -0.4 is 5.32 Å². The van der Waals surface area contributed by atoms with Crippen molar-refractivity contribution in [2.45, 2.75) is 78.7 Å². The average molecular weight is 293 g/mol. The summed E-state index contributed by atoms with van der Waals surface area (Å²) in [7, 11) is 0. The number of hydrogen-bond donors (Lipinski definition) is 1. The van der Waals surface area contributed by atoms with Gasteiger partial charge >= 0.3 is 0 Å². The average Bonchev–Trinajstić information content (AvgIpc) is 3.01. The second kappa shape index (κ2) is 6.91. The standard InChI is InChI=1S/C17H31N3O/c1-6-9-18-14(17(3,4)5)11-15-19-16(20-21-15)13-8-7-12(2)10-13/h12-14,18H,6-11H2,1-5H3. The minimum Gasteiger partial charge on any atom is -0.339 e. The van der Waals surface area contributed by atoms with Crippen LogP contribution >= 0.6 is 0 Å². The Morgan fingerprint density at radius 1 is 1.33 bits per heavy atom. The van der Waals surface area contributed by atoms with Crippen molar-refractivity contribution in [2.75, 3.05) is 6.54 Å². The van der Waals surface area contributed by atoms with E-state index in [2.05, 4.69) is 50.1 Å². The lowest BCUT2D eigenvalue weighted by molar-refractivity contribution is 0.244. The van der Waals surface area contributed by atoms with Crippen LogP contribution in [0.2, 0.25) is 0 Å². The minimum absolute atomic E-state index is 0.186. The van der Waals surface area contributed by atoms with Crippen molar-refractivity contribution < 1.29 is 4.52 Å². The molecule has 120 valence electrons. The molecule has 0 amide bonds. The third-order valence-electron chi connectivity index (χ3n) is 4.61. The molecule has 0 radical (unpaired) electrons. The Labute approximate surface area is 129 Å². The van der Waals surface area contributed by atoms with Crippen LogP contribution in [0.3, 0.4) is 0 Å². The normalized spacial score (nSPS) is 24.4. The van der Waals surface area contributed by atoms with Gasteiger partial charge in [-0.05, 0) is 43.6 Å². The highest BCUT2D eigenvalue weighted by atomic mass is 16.5. The van der Waals surface area contributed by atoms with Crippen molar-refractivity contribution in [3.63, 3.8) is 0 Å². The van der Waals surface area contributed by atoms with Crippen molar-refractivity contribution in [3.8, 4) is 0 Å². The van der Waals surface area contributed by atoms with Crippen LogP contribution in [0.25, 0.3) is 0 Å². The van der Waals surface area contributed by atoms with E-state index < -0.39 is 0 Å². The van der Waals surface area contributed by atoms with Crippen molar-refractivity contribution in [2.24, 2.45) is 11.3 Å². The first kappa shape index (κ1) is 16.5. The molecule has 0 spiro atoms. The van der Waals surface area contributed by atoms with Crippen LogP contribution in [0, 0.1) is 11.3 Å². The summed E-state index contributed by atoms with van der Waals surface area (Å²) in [5.74, 6) is 3.02. The van der Waals surface area contributed by atoms with Crippen molar-refractivity contribution in [1.82, 2.24) is 15.5 Å². The lowest BCUT2D eigenvalue weighted by Gasteiger charge is -2.30. The zero-order chi connectivity index (χ0) is 15.5. The molecule has 0 saturated heterocycles. The van der Waals surface area contributed by atoms with E-state index in [1.807, 2.05) is 0 Å². The van der Waals surface area contributed by atoms with E-state index in [1.165, 1.54) is 19.3 Å². The van der Waals surface area contributed by atoms with Gasteiger partial charge in [0, 0.05) is 18.4 Å². The Balaban J connectivity index is 1.99. The predicted molar refractivity (Wildman–Crippen MR) is 85.3 cm³/mol. The number of hydrogen-bond acceptors (Lipinski definition) is 4. The van der Waals surface area contributed by atoms with E-state index in [0.29, 0.717) is 12.0 Å². The molecule has 1 saturated carbocycles. The topological polar surface area (TPSA) is 51.0 Å². The molecular formula is C17H31N3O. The predicted octanol–water partition coefficient (Wildman–Crippen LogP) is 3.93. The van der Waals surface area contributed by atoms with Gasteiger partial charge in [0.05, 0.1) is 0 Å². The molecule has 3 atom stereocenters. The van der Waals surface area contributed by atoms with Crippen LogP contribution in [0.5, 0.6) is 0 Å². The van der Waals surface area contributed by atoms with Crippen molar-refractivity contribution in [3.05, 3.63) is 11.7 Å². The molecule has 1 aliphatic rings. The Kier molecular flexibility index (Phi) is 5.42. The Bertz CT molecular complexity index is 435. The molecule has 2 rings (SSSR count). The van der Waals surface area contributed by atoms with Gasteiger partial charge in [0.1, 0.15) is 0 Å². The van der Waals surface area contributed by atoms with Crippen LogP contribution in [0.1, 0.15) is 77.9 Å². The third kappa shape index (κ3) is 4.53. The van der Waals surface area contributed by atoms with Gasteiger partial charge in [-0.1, -0.05) is 39.8 Å². The summed E-state index contributed by atoms with van der Waals surface area (Å²) in [5, 5.41) is 7.85. The highest BCUT2D eigenvalue weighted by molar-refractivity contribution is 5.00. The molecule has 0 aromatic carbocycles. The maximum absolute atomic E-state index is 5.52. The van der Waals surface area contributed by atoms with Gasteiger partial charge in [-0.25, -0.2) is 0 Å². The second-order valence-electron chi connectivity index (χ2n) is 7.74. The van der Waals surface area contributed by atoms with Gasteiger partial charge in [-0.15, -0.1) is 0 Å². The van der Waals surface area contributed by atoms with Crippen molar-refractivity contribution >= 4 is 0 Å². The summed E-state index contributed by atoms with van der Waals surface area (Å²) in [6, 6.07) is 0.369. The van der Waals surface area contributed by atoms with Crippen LogP contribution in [0.4, 0.5) is 0 Å². The summed E-state index contributed by atoms with van der Waals surface area (Å²) >= 11 is 0. The van der Waals surface area contributed by atoms with E-state index in [1.54, 1.807) is 0 Å². The zero-order valence-electron chi connectivity index (χ0n) is 14.3. The largest absolute Gasteiger partial charge is 0.339 e. The van der Waals surface area contributed by atoms with Gasteiger partial charge in [-0.3, -0.25) is 0 Å². The molecule has 4 heteroatoms. The lowest BCUT2D eigenvalue weighted by Crippen LogP contribution is -2.42. The van der Waals surface area contributed by atoms with E-state index in [4.69, 9.17) is 4.52 Å². The Hall–Kier alpha value is -0.900. The molecule has 1 aliphatic carbocycles. The first-order chi connectivity index (χ1) is 9.90. The first-order valence-corrected chi connectivity index (χ1v) is 8.46. The van der Waals surface area contributed by atoms with Crippen molar-refractivity contribution in [1.29, 1.82) is 0 Å². The van der Waals surface area contributed by atoms with E-state index in [-0.39, 0.29) is 5.41 Å². The molecule has 1 fully saturated rings. The molecule has 1 N–H and O–H groups in total. The molecule has 0 bridgehead atoms. The first-order valence-electron chi connectivity index (χ1n) is 8.46. The van der Waals surface area contributed by atoms with E-state index in [9.17, 15) is 0 Å². The van der Waals surface area contributed by atoms with E-state index >= 15 is 0 Å². The zero-order valence-corrected chi connectivity index (χ0v) is 14.3. The number of aromatic nitrogens is 2. The smallest absolute Gasteiger partial charge is 0.228 e. The maximum atomic E-state index is 5.52. The summed E-state index contributed by atoms with van der Waals surface area (Å²) in [4.78, 5) is 4.67. The molecule has 1 aromatic heterocycles. The van der Waals surface area contributed by atoms with E-state index in [0.717, 1.165) is 37.0 Å². The quantitative estimate of drug-likeness (QED) is 0.863. The second-order valence-corrected chi connectivity index (χ2v) is 7.74. The fourth-order valence-electron chi connectivity index (χ4n) is 3.14. The fourth-order valence-corrected chi connectivity index (χ4v) is 3.14. The summed E-state index contributed by atoms with van der Waals surface area (Å²) < 4.78 is 5.52. The fraction of sp³-hybridized carbons (Fsp3) is 0.882. The minimum atomic E-state index is 0.186. The summed E-state index contributed by atoms with van der Waals surface area (Å²) in [6.07, 6.45) is 5.66. The highest BCUT2D eigenvalue weighted by Crippen LogP contribution is 2.36. The highest BCUT2D eigenvalue weighted by Gasteiger charge is 2.29. The molecule has 1 aromatic rings. The number of rotatable bonds is 6. The van der Waals surface area contributed by atoms with Gasteiger partial charge in [-0.2, -0.15) is 4.98 Å². The number of nitrogens with zero attached hydrogens (tertiary/aromatic N) is 2. The lowest BCUT2D eigenvalue weighted by atomic mass is 9.84. The van der Waals surface area contributed by atoms with Gasteiger partial charge in [0.25, 0.3) is 0 Å². The monoisotopic (exact) mass is 293 g/mol.